The van der Waals surface area contributed by atoms with Crippen molar-refractivity contribution in [2.75, 3.05) is 5.73 Å². The van der Waals surface area contributed by atoms with Gasteiger partial charge < -0.3 is 10.9 Å². The second-order valence-electron chi connectivity index (χ2n) is 8.31. The molecule has 13 heteroatoms. The molecule has 36 heavy (non-hydrogen) atoms. The lowest BCUT2D eigenvalue weighted by atomic mass is 10.0. The number of aromatic nitrogens is 8. The second kappa shape index (κ2) is 8.54. The van der Waals surface area contributed by atoms with Crippen LogP contribution in [0.3, 0.4) is 0 Å². The van der Waals surface area contributed by atoms with Crippen molar-refractivity contribution in [3.05, 3.63) is 87.7 Å². The molecule has 10 nitrogen and oxygen atoms in total. The zero-order chi connectivity index (χ0) is 25.0. The highest BCUT2D eigenvalue weighted by atomic mass is 35.5. The monoisotopic (exact) mass is 523 g/mol. The number of hydrogen-bond donors (Lipinski definition) is 1. The second-order valence-corrected chi connectivity index (χ2v) is 9.08. The van der Waals surface area contributed by atoms with Crippen molar-refractivity contribution >= 4 is 29.0 Å². The van der Waals surface area contributed by atoms with E-state index in [0.717, 1.165) is 15.9 Å². The zero-order valence-corrected chi connectivity index (χ0v) is 19.9. The number of rotatable bonds is 4. The number of tetrazole rings is 1. The zero-order valence-electron chi connectivity index (χ0n) is 18.4. The molecule has 0 aliphatic heterocycles. The first-order chi connectivity index (χ1) is 17.4. The fraction of sp³-hybridized carbons (Fsp3) is 0.130. The first kappa shape index (κ1) is 22.4. The van der Waals surface area contributed by atoms with Crippen molar-refractivity contribution in [2.45, 2.75) is 18.9 Å². The minimum atomic E-state index is -0.662. The first-order valence-electron chi connectivity index (χ1n) is 10.8. The molecule has 0 spiro atoms. The number of nitrogen functional groups attached to an aromatic ring is 1. The van der Waals surface area contributed by atoms with Crippen LogP contribution in [0.5, 0.6) is 0 Å². The topological polar surface area (TPSA) is 127 Å². The summed E-state index contributed by atoms with van der Waals surface area (Å²) in [6.45, 7) is 0. The van der Waals surface area contributed by atoms with Crippen LogP contribution in [0.15, 0.2) is 55.2 Å². The molecule has 180 valence electrons. The minimum absolute atomic E-state index is 0.0717. The SMILES string of the molecule is Nc1ccc(-c2cnn([C@H]3CCc4cc(-c5c(-n6cnnn6)ccc(Cl)c5F)c[n+]([O-])c43)c2)c(Cl)n1. The molecule has 0 unspecified atom stereocenters. The van der Waals surface area contributed by atoms with Gasteiger partial charge in [-0.05, 0) is 53.6 Å². The summed E-state index contributed by atoms with van der Waals surface area (Å²) in [6, 6.07) is 7.96. The molecule has 1 aliphatic rings. The molecule has 4 aromatic heterocycles. The van der Waals surface area contributed by atoms with Gasteiger partial charge in [0, 0.05) is 22.9 Å². The number of fused-ring (bicyclic) bond motifs is 1. The molecule has 0 saturated heterocycles. The van der Waals surface area contributed by atoms with Gasteiger partial charge in [0.15, 0.2) is 12.0 Å². The number of pyridine rings is 2. The summed E-state index contributed by atoms with van der Waals surface area (Å²) in [5.74, 6) is -0.340. The van der Waals surface area contributed by atoms with Crippen molar-refractivity contribution in [1.82, 2.24) is 35.0 Å². The number of nitrogens with two attached hydrogens (primary N) is 1. The third kappa shape index (κ3) is 3.64. The third-order valence-electron chi connectivity index (χ3n) is 6.21. The van der Waals surface area contributed by atoms with Crippen LogP contribution in [0.4, 0.5) is 10.2 Å². The smallest absolute Gasteiger partial charge is 0.220 e. The van der Waals surface area contributed by atoms with Gasteiger partial charge in [0.2, 0.25) is 5.69 Å². The summed E-state index contributed by atoms with van der Waals surface area (Å²) in [6.07, 6.45) is 7.43. The quantitative estimate of drug-likeness (QED) is 0.215. The molecule has 6 rings (SSSR count). The largest absolute Gasteiger partial charge is 0.618 e. The van der Waals surface area contributed by atoms with Crippen LogP contribution in [-0.2, 0) is 6.42 Å². The molecule has 1 aromatic carbocycles. The van der Waals surface area contributed by atoms with Gasteiger partial charge in [-0.3, -0.25) is 4.68 Å². The Morgan fingerprint density at radius 2 is 2.03 bits per heavy atom. The molecule has 0 saturated carbocycles. The lowest BCUT2D eigenvalue weighted by Gasteiger charge is -2.15. The van der Waals surface area contributed by atoms with Gasteiger partial charge in [-0.1, -0.05) is 23.2 Å². The lowest BCUT2D eigenvalue weighted by Crippen LogP contribution is -2.34. The molecule has 1 atom stereocenters. The Kier molecular flexibility index (Phi) is 5.31. The highest BCUT2D eigenvalue weighted by molar-refractivity contribution is 6.32. The molecule has 5 aromatic rings. The number of benzene rings is 1. The van der Waals surface area contributed by atoms with Gasteiger partial charge in [-0.15, -0.1) is 5.10 Å². The van der Waals surface area contributed by atoms with E-state index in [1.165, 1.54) is 23.3 Å². The Morgan fingerprint density at radius 3 is 2.81 bits per heavy atom. The lowest BCUT2D eigenvalue weighted by molar-refractivity contribution is -0.615. The van der Waals surface area contributed by atoms with E-state index in [0.29, 0.717) is 41.2 Å². The highest BCUT2D eigenvalue weighted by Crippen LogP contribution is 2.38. The molecule has 1 aliphatic carbocycles. The summed E-state index contributed by atoms with van der Waals surface area (Å²) in [5, 5.41) is 29.1. The van der Waals surface area contributed by atoms with Crippen molar-refractivity contribution in [3.8, 4) is 27.9 Å². The molecule has 0 radical (unpaired) electrons. The molecule has 4 heterocycles. The van der Waals surface area contributed by atoms with E-state index in [4.69, 9.17) is 28.9 Å². The normalized spacial score (nSPS) is 14.8. The fourth-order valence-electron chi connectivity index (χ4n) is 4.61. The van der Waals surface area contributed by atoms with E-state index in [1.54, 1.807) is 35.1 Å². The maximum Gasteiger partial charge on any atom is 0.220 e. The Bertz CT molecular complexity index is 1620. The van der Waals surface area contributed by atoms with Crippen molar-refractivity contribution in [2.24, 2.45) is 0 Å². The predicted molar refractivity (Wildman–Crippen MR) is 130 cm³/mol. The van der Waals surface area contributed by atoms with Gasteiger partial charge in [-0.25, -0.2) is 9.37 Å². The van der Waals surface area contributed by atoms with Crippen molar-refractivity contribution in [3.63, 3.8) is 0 Å². The fourth-order valence-corrected chi connectivity index (χ4v) is 5.04. The minimum Gasteiger partial charge on any atom is -0.618 e. The Balaban J connectivity index is 1.41. The number of aryl methyl sites for hydroxylation is 1. The molecule has 0 bridgehead atoms. The van der Waals surface area contributed by atoms with Crippen LogP contribution in [-0.4, -0.2) is 35.0 Å². The number of halogens is 3. The van der Waals surface area contributed by atoms with Crippen LogP contribution < -0.4 is 10.5 Å². The van der Waals surface area contributed by atoms with Crippen LogP contribution in [0, 0.1) is 11.0 Å². The van der Waals surface area contributed by atoms with Crippen LogP contribution >= 0.6 is 23.2 Å². The number of nitrogens with zero attached hydrogens (tertiary/aromatic N) is 8. The van der Waals surface area contributed by atoms with Gasteiger partial charge in [0.05, 0.1) is 28.0 Å². The maximum atomic E-state index is 15.2. The first-order valence-corrected chi connectivity index (χ1v) is 11.6. The van der Waals surface area contributed by atoms with Crippen molar-refractivity contribution in [1.29, 1.82) is 0 Å². The van der Waals surface area contributed by atoms with Gasteiger partial charge >= 0.3 is 0 Å². The summed E-state index contributed by atoms with van der Waals surface area (Å²) in [5.41, 5.74) is 9.34. The average molecular weight is 524 g/mol. The highest BCUT2D eigenvalue weighted by Gasteiger charge is 2.34. The Labute approximate surface area is 213 Å². The maximum absolute atomic E-state index is 15.2. The molecule has 0 amide bonds. The van der Waals surface area contributed by atoms with Gasteiger partial charge in [-0.2, -0.15) is 14.5 Å². The van der Waals surface area contributed by atoms with Crippen molar-refractivity contribution < 1.29 is 9.12 Å². The molecular weight excluding hydrogens is 508 g/mol. The van der Waals surface area contributed by atoms with Crippen LogP contribution in [0.1, 0.15) is 23.7 Å². The molecular formula is C23H16Cl2FN9O. The standard InChI is InChI=1S/C23H16Cl2FN9O/c24-16-3-5-17(34-11-28-31-32-34)20(21(16)26)13-7-12-1-4-18(22(12)35(36)10-13)33-9-14(8-29-33)15-2-6-19(27)30-23(15)25/h2-3,5-11,18H,1,4H2,(H2,27,30)/t18-/m0/s1. The van der Waals surface area contributed by atoms with Gasteiger partial charge in [0.1, 0.15) is 23.3 Å². The summed E-state index contributed by atoms with van der Waals surface area (Å²) >= 11 is 12.3. The third-order valence-corrected chi connectivity index (χ3v) is 6.79. The Hall–Kier alpha value is -4.09. The molecule has 2 N–H and O–H groups in total. The van der Waals surface area contributed by atoms with E-state index in [-0.39, 0.29) is 21.8 Å². The summed E-state index contributed by atoms with van der Waals surface area (Å²) in [7, 11) is 0. The molecule has 0 fully saturated rings. The van der Waals surface area contributed by atoms with E-state index < -0.39 is 5.82 Å². The van der Waals surface area contributed by atoms with Crippen LogP contribution in [0.2, 0.25) is 10.2 Å². The van der Waals surface area contributed by atoms with E-state index in [1.807, 2.05) is 6.20 Å². The van der Waals surface area contributed by atoms with Crippen LogP contribution in [0.25, 0.3) is 27.9 Å². The number of hydrogen-bond acceptors (Lipinski definition) is 7. The average Bonchev–Trinajstić information content (AvgIpc) is 3.61. The van der Waals surface area contributed by atoms with Gasteiger partial charge in [0.25, 0.3) is 0 Å². The number of anilines is 1. The van der Waals surface area contributed by atoms with E-state index >= 15 is 4.39 Å². The predicted octanol–water partition coefficient (Wildman–Crippen LogP) is 3.78. The van der Waals surface area contributed by atoms with E-state index in [2.05, 4.69) is 25.6 Å². The Morgan fingerprint density at radius 1 is 1.17 bits per heavy atom. The summed E-state index contributed by atoms with van der Waals surface area (Å²) < 4.78 is 19.0. The van der Waals surface area contributed by atoms with E-state index in [9.17, 15) is 5.21 Å². The summed E-state index contributed by atoms with van der Waals surface area (Å²) in [4.78, 5) is 4.08.